The molecule has 1 atom stereocenters. The largest absolute Gasteiger partial charge is 0.355 e. The average molecular weight is 332 g/mol. The van der Waals surface area contributed by atoms with Crippen molar-refractivity contribution in [2.24, 2.45) is 5.41 Å². The Labute approximate surface area is 131 Å². The fraction of sp³-hybridized carbons (Fsp3) is 0.846. The van der Waals surface area contributed by atoms with Crippen LogP contribution in [0.4, 0.5) is 4.79 Å². The fourth-order valence-electron chi connectivity index (χ4n) is 2.99. The van der Waals surface area contributed by atoms with Crippen molar-refractivity contribution < 1.29 is 18.0 Å². The monoisotopic (exact) mass is 332 g/mol. The Hall–Kier alpha value is -1.35. The van der Waals surface area contributed by atoms with E-state index in [9.17, 15) is 18.0 Å². The molecule has 2 N–H and O–H groups in total. The molecule has 2 fully saturated rings. The SMILES string of the molecule is CC(C)NC(=O)N1CCN(S(C)(=O)=O)C[C@]2(CNC(=O)C2)C1. The van der Waals surface area contributed by atoms with Gasteiger partial charge in [0.15, 0.2) is 0 Å². The van der Waals surface area contributed by atoms with Crippen molar-refractivity contribution in [3.8, 4) is 0 Å². The molecule has 0 unspecified atom stereocenters. The summed E-state index contributed by atoms with van der Waals surface area (Å²) in [5.74, 6) is -0.0976. The third-order valence-electron chi connectivity index (χ3n) is 4.02. The van der Waals surface area contributed by atoms with Gasteiger partial charge in [0, 0.05) is 50.6 Å². The van der Waals surface area contributed by atoms with Gasteiger partial charge in [-0.1, -0.05) is 0 Å². The number of nitrogens with zero attached hydrogens (tertiary/aromatic N) is 2. The fourth-order valence-corrected chi connectivity index (χ4v) is 3.91. The molecule has 0 aromatic carbocycles. The highest BCUT2D eigenvalue weighted by Crippen LogP contribution is 2.31. The van der Waals surface area contributed by atoms with Crippen LogP contribution in [-0.4, -0.2) is 74.6 Å². The summed E-state index contributed by atoms with van der Waals surface area (Å²) in [7, 11) is -3.37. The maximum absolute atomic E-state index is 12.3. The smallest absolute Gasteiger partial charge is 0.317 e. The number of hydrogen-bond donors (Lipinski definition) is 2. The summed E-state index contributed by atoms with van der Waals surface area (Å²) in [5.41, 5.74) is -0.551. The second-order valence-electron chi connectivity index (χ2n) is 6.58. The van der Waals surface area contributed by atoms with Crippen LogP contribution in [0.2, 0.25) is 0 Å². The lowest BCUT2D eigenvalue weighted by Crippen LogP contribution is -2.48. The van der Waals surface area contributed by atoms with Crippen LogP contribution in [0.1, 0.15) is 20.3 Å². The molecule has 9 heteroatoms. The van der Waals surface area contributed by atoms with Crippen LogP contribution in [-0.2, 0) is 14.8 Å². The van der Waals surface area contributed by atoms with E-state index >= 15 is 0 Å². The van der Waals surface area contributed by atoms with Gasteiger partial charge in [0.05, 0.1) is 6.26 Å². The van der Waals surface area contributed by atoms with Crippen molar-refractivity contribution in [3.05, 3.63) is 0 Å². The second kappa shape index (κ2) is 6.04. The number of carbonyl (C=O) groups is 2. The van der Waals surface area contributed by atoms with Crippen LogP contribution in [0.15, 0.2) is 0 Å². The van der Waals surface area contributed by atoms with E-state index in [0.717, 1.165) is 6.26 Å². The number of urea groups is 1. The molecule has 2 aliphatic heterocycles. The van der Waals surface area contributed by atoms with Crippen LogP contribution in [0.5, 0.6) is 0 Å². The van der Waals surface area contributed by atoms with E-state index in [4.69, 9.17) is 0 Å². The second-order valence-corrected chi connectivity index (χ2v) is 8.56. The molecule has 2 aliphatic rings. The molecule has 22 heavy (non-hydrogen) atoms. The van der Waals surface area contributed by atoms with Crippen molar-refractivity contribution in [2.75, 3.05) is 39.0 Å². The van der Waals surface area contributed by atoms with Crippen LogP contribution < -0.4 is 10.6 Å². The summed E-state index contributed by atoms with van der Waals surface area (Å²) >= 11 is 0. The molecule has 0 saturated carbocycles. The predicted molar refractivity (Wildman–Crippen MR) is 81.7 cm³/mol. The maximum Gasteiger partial charge on any atom is 0.317 e. The molecule has 2 heterocycles. The van der Waals surface area contributed by atoms with Gasteiger partial charge in [0.1, 0.15) is 0 Å². The molecule has 0 aromatic rings. The van der Waals surface area contributed by atoms with E-state index in [1.165, 1.54) is 4.31 Å². The van der Waals surface area contributed by atoms with E-state index in [1.54, 1.807) is 4.90 Å². The van der Waals surface area contributed by atoms with Gasteiger partial charge in [-0.3, -0.25) is 4.79 Å². The van der Waals surface area contributed by atoms with Crippen LogP contribution in [0.25, 0.3) is 0 Å². The summed E-state index contributed by atoms with van der Waals surface area (Å²) in [5, 5.41) is 5.59. The summed E-state index contributed by atoms with van der Waals surface area (Å²) in [6.07, 6.45) is 1.40. The van der Waals surface area contributed by atoms with Gasteiger partial charge in [-0.15, -0.1) is 0 Å². The maximum atomic E-state index is 12.3. The van der Waals surface area contributed by atoms with Crippen LogP contribution >= 0.6 is 0 Å². The Bertz CT molecular complexity index is 562. The zero-order valence-corrected chi connectivity index (χ0v) is 14.1. The minimum absolute atomic E-state index is 0.000971. The average Bonchev–Trinajstić information content (AvgIpc) is 2.61. The van der Waals surface area contributed by atoms with Gasteiger partial charge < -0.3 is 15.5 Å². The summed E-state index contributed by atoms with van der Waals surface area (Å²) in [6.45, 7) is 5.33. The molecule has 2 saturated heterocycles. The van der Waals surface area contributed by atoms with E-state index in [2.05, 4.69) is 10.6 Å². The van der Waals surface area contributed by atoms with Crippen molar-refractivity contribution in [3.63, 3.8) is 0 Å². The van der Waals surface area contributed by atoms with Crippen LogP contribution in [0, 0.1) is 5.41 Å². The first kappa shape index (κ1) is 17.0. The van der Waals surface area contributed by atoms with Crippen molar-refractivity contribution in [1.29, 1.82) is 0 Å². The van der Waals surface area contributed by atoms with E-state index < -0.39 is 15.4 Å². The molecular weight excluding hydrogens is 308 g/mol. The van der Waals surface area contributed by atoms with Crippen LogP contribution in [0.3, 0.4) is 0 Å². The Morgan fingerprint density at radius 2 is 2.00 bits per heavy atom. The molecule has 3 amide bonds. The lowest BCUT2D eigenvalue weighted by Gasteiger charge is -2.32. The minimum Gasteiger partial charge on any atom is -0.355 e. The number of rotatable bonds is 2. The standard InChI is InChI=1S/C13H24N4O4S/c1-10(2)15-12(19)16-4-5-17(22(3,20)21)9-13(8-16)6-11(18)14-7-13/h10H,4-9H2,1-3H3,(H,14,18)(H,15,19)/t13-/m1/s1. The van der Waals surface area contributed by atoms with Crippen molar-refractivity contribution >= 4 is 22.0 Å². The topological polar surface area (TPSA) is 98.8 Å². The van der Waals surface area contributed by atoms with E-state index in [-0.39, 0.29) is 37.5 Å². The third-order valence-corrected chi connectivity index (χ3v) is 5.27. The highest BCUT2D eigenvalue weighted by atomic mass is 32.2. The van der Waals surface area contributed by atoms with Gasteiger partial charge in [0.2, 0.25) is 15.9 Å². The molecule has 126 valence electrons. The quantitative estimate of drug-likeness (QED) is 0.691. The van der Waals surface area contributed by atoms with Gasteiger partial charge >= 0.3 is 6.03 Å². The highest BCUT2D eigenvalue weighted by molar-refractivity contribution is 7.88. The number of amides is 3. The molecule has 0 bridgehead atoms. The lowest BCUT2D eigenvalue weighted by atomic mass is 9.86. The molecular formula is C13H24N4O4S. The third kappa shape index (κ3) is 3.89. The van der Waals surface area contributed by atoms with Gasteiger partial charge in [-0.25, -0.2) is 13.2 Å². The van der Waals surface area contributed by atoms with E-state index in [1.807, 2.05) is 13.8 Å². The normalized spacial score (nSPS) is 27.1. The number of carbonyl (C=O) groups excluding carboxylic acids is 2. The van der Waals surface area contributed by atoms with Crippen molar-refractivity contribution in [1.82, 2.24) is 19.8 Å². The molecule has 0 aliphatic carbocycles. The van der Waals surface area contributed by atoms with E-state index in [0.29, 0.717) is 19.6 Å². The summed E-state index contributed by atoms with van der Waals surface area (Å²) in [6, 6.07) is -0.217. The molecule has 0 aromatic heterocycles. The predicted octanol–water partition coefficient (Wildman–Crippen LogP) is -0.812. The Morgan fingerprint density at radius 3 is 2.50 bits per heavy atom. The Morgan fingerprint density at radius 1 is 1.32 bits per heavy atom. The molecule has 8 nitrogen and oxygen atoms in total. The van der Waals surface area contributed by atoms with Gasteiger partial charge in [-0.05, 0) is 13.8 Å². The van der Waals surface area contributed by atoms with Gasteiger partial charge in [-0.2, -0.15) is 4.31 Å². The minimum atomic E-state index is -3.37. The molecule has 1 spiro atoms. The molecule has 2 rings (SSSR count). The summed E-state index contributed by atoms with van der Waals surface area (Å²) < 4.78 is 25.2. The number of hydrogen-bond acceptors (Lipinski definition) is 4. The lowest BCUT2D eigenvalue weighted by molar-refractivity contribution is -0.119. The Kier molecular flexibility index (Phi) is 4.67. The highest BCUT2D eigenvalue weighted by Gasteiger charge is 2.45. The first-order valence-corrected chi connectivity index (χ1v) is 9.23. The van der Waals surface area contributed by atoms with Gasteiger partial charge in [0.25, 0.3) is 0 Å². The number of sulfonamides is 1. The summed E-state index contributed by atoms with van der Waals surface area (Å²) in [4.78, 5) is 25.5. The Balaban J connectivity index is 2.23. The zero-order chi connectivity index (χ0) is 16.5. The molecule has 0 radical (unpaired) electrons. The first-order chi connectivity index (χ1) is 10.1. The van der Waals surface area contributed by atoms with Crippen molar-refractivity contribution in [2.45, 2.75) is 26.3 Å². The first-order valence-electron chi connectivity index (χ1n) is 7.39. The zero-order valence-electron chi connectivity index (χ0n) is 13.3. The number of nitrogens with one attached hydrogen (secondary N) is 2.